The highest BCUT2D eigenvalue weighted by molar-refractivity contribution is 9.10. The number of hydrogen-bond donors (Lipinski definition) is 2. The van der Waals surface area contributed by atoms with Crippen LogP contribution in [0.4, 0.5) is 0 Å². The number of rotatable bonds is 10. The largest absolute Gasteiger partial charge is 0.493 e. The molecule has 2 rings (SSSR count). The number of esters is 1. The van der Waals surface area contributed by atoms with E-state index in [-0.39, 0.29) is 17.4 Å². The van der Waals surface area contributed by atoms with Crippen LogP contribution in [0.15, 0.2) is 22.7 Å². The quantitative estimate of drug-likeness (QED) is 0.266. The molecule has 2 N–H and O–H groups in total. The van der Waals surface area contributed by atoms with Crippen molar-refractivity contribution in [1.82, 2.24) is 15.5 Å². The Morgan fingerprint density at radius 2 is 2.09 bits per heavy atom. The molecule has 0 saturated carbocycles. The lowest BCUT2D eigenvalue weighted by molar-refractivity contribution is -0.147. The summed E-state index contributed by atoms with van der Waals surface area (Å²) in [5, 5.41) is 5.51. The molecule has 1 atom stereocenters. The minimum absolute atomic E-state index is 0.0781. The fourth-order valence-corrected chi connectivity index (χ4v) is 3.83. The third kappa shape index (κ3) is 8.58. The predicted octanol–water partition coefficient (Wildman–Crippen LogP) is 3.42. The van der Waals surface area contributed by atoms with E-state index in [1.807, 2.05) is 13.8 Å². The lowest BCUT2D eigenvalue weighted by Crippen LogP contribution is -2.60. The molecular formula is C23H32BrN3O5S. The Morgan fingerprint density at radius 3 is 2.79 bits per heavy atom. The second-order valence-corrected chi connectivity index (χ2v) is 9.51. The van der Waals surface area contributed by atoms with Gasteiger partial charge in [-0.3, -0.25) is 19.7 Å². The maximum atomic E-state index is 13.0. The molecule has 0 aromatic heterocycles. The van der Waals surface area contributed by atoms with Crippen molar-refractivity contribution in [2.45, 2.75) is 52.5 Å². The summed E-state index contributed by atoms with van der Waals surface area (Å²) in [6.07, 6.45) is 2.44. The van der Waals surface area contributed by atoms with E-state index in [4.69, 9.17) is 21.7 Å². The molecule has 8 nitrogen and oxygen atoms in total. The van der Waals surface area contributed by atoms with Crippen molar-refractivity contribution in [3.05, 3.63) is 28.2 Å². The van der Waals surface area contributed by atoms with Gasteiger partial charge in [0.1, 0.15) is 11.8 Å². The molecule has 1 aliphatic heterocycles. The lowest BCUT2D eigenvalue weighted by Gasteiger charge is -2.36. The Bertz CT molecular complexity index is 864. The van der Waals surface area contributed by atoms with Crippen LogP contribution in [0.2, 0.25) is 0 Å². The number of nitrogens with zero attached hydrogens (tertiary/aromatic N) is 1. The molecule has 33 heavy (non-hydrogen) atoms. The third-order valence-corrected chi connectivity index (χ3v) is 5.90. The van der Waals surface area contributed by atoms with Crippen LogP contribution in [0, 0.1) is 5.92 Å². The van der Waals surface area contributed by atoms with Gasteiger partial charge in [0.15, 0.2) is 5.11 Å². The summed E-state index contributed by atoms with van der Waals surface area (Å²) in [5.74, 6) is -0.394. The number of amides is 2. The summed E-state index contributed by atoms with van der Waals surface area (Å²) in [5.41, 5.74) is 0.328. The van der Waals surface area contributed by atoms with Crippen LogP contribution in [0.25, 0.3) is 0 Å². The molecule has 1 aromatic rings. The van der Waals surface area contributed by atoms with Crippen LogP contribution in [0.5, 0.6) is 5.75 Å². The Kier molecular flexibility index (Phi) is 11.1. The van der Waals surface area contributed by atoms with Gasteiger partial charge in [0.2, 0.25) is 5.91 Å². The van der Waals surface area contributed by atoms with Gasteiger partial charge in [-0.15, -0.1) is 0 Å². The average Bonchev–Trinajstić information content (AvgIpc) is 2.75. The number of hydrogen-bond acceptors (Lipinski definition) is 6. The SMILES string of the molecule is CCCCOc1ccc(Br)cc1C(=O)NC(=S)N1CCNC(=O)C1CC(=O)OCCC(C)C. The number of halogens is 1. The van der Waals surface area contributed by atoms with Crippen LogP contribution in [-0.2, 0) is 14.3 Å². The van der Waals surface area contributed by atoms with E-state index in [1.54, 1.807) is 23.1 Å². The molecule has 10 heteroatoms. The molecule has 0 radical (unpaired) electrons. The van der Waals surface area contributed by atoms with Crippen molar-refractivity contribution >= 4 is 51.0 Å². The molecule has 1 aromatic carbocycles. The van der Waals surface area contributed by atoms with E-state index in [0.29, 0.717) is 43.5 Å². The molecular weight excluding hydrogens is 510 g/mol. The number of piperazine rings is 1. The lowest BCUT2D eigenvalue weighted by atomic mass is 10.1. The molecule has 1 aliphatic rings. The monoisotopic (exact) mass is 541 g/mol. The van der Waals surface area contributed by atoms with E-state index in [2.05, 4.69) is 33.5 Å². The van der Waals surface area contributed by atoms with Gasteiger partial charge in [0.25, 0.3) is 5.91 Å². The maximum Gasteiger partial charge on any atom is 0.308 e. The third-order valence-electron chi connectivity index (χ3n) is 5.07. The van der Waals surface area contributed by atoms with Gasteiger partial charge >= 0.3 is 5.97 Å². The average molecular weight is 542 g/mol. The molecule has 0 bridgehead atoms. The number of carbonyl (C=O) groups excluding carboxylic acids is 3. The standard InChI is InChI=1S/C23H32BrN3O5S/c1-4-5-11-31-19-7-6-16(24)13-17(19)21(29)26-23(33)27-10-9-25-22(30)18(27)14-20(28)32-12-8-15(2)3/h6-7,13,15,18H,4-5,8-12,14H2,1-3H3,(H,25,30)(H,26,29,33). The first-order valence-electron chi connectivity index (χ1n) is 11.2. The van der Waals surface area contributed by atoms with Gasteiger partial charge in [-0.05, 0) is 49.2 Å². The fraction of sp³-hybridized carbons (Fsp3) is 0.565. The highest BCUT2D eigenvalue weighted by Gasteiger charge is 2.34. The van der Waals surface area contributed by atoms with Crippen molar-refractivity contribution in [2.75, 3.05) is 26.3 Å². The van der Waals surface area contributed by atoms with Crippen LogP contribution in [-0.4, -0.2) is 60.1 Å². The van der Waals surface area contributed by atoms with Gasteiger partial charge in [-0.25, -0.2) is 0 Å². The first-order valence-corrected chi connectivity index (χ1v) is 12.4. The molecule has 1 fully saturated rings. The first-order chi connectivity index (χ1) is 15.7. The summed E-state index contributed by atoms with van der Waals surface area (Å²) in [4.78, 5) is 39.3. The number of carbonyl (C=O) groups is 3. The van der Waals surface area contributed by atoms with E-state index in [0.717, 1.165) is 23.7 Å². The Labute approximate surface area is 208 Å². The molecule has 0 aliphatic carbocycles. The van der Waals surface area contributed by atoms with Crippen molar-refractivity contribution < 1.29 is 23.9 Å². The predicted molar refractivity (Wildman–Crippen MR) is 133 cm³/mol. The zero-order valence-electron chi connectivity index (χ0n) is 19.3. The topological polar surface area (TPSA) is 97.0 Å². The van der Waals surface area contributed by atoms with E-state index < -0.39 is 17.9 Å². The highest BCUT2D eigenvalue weighted by Crippen LogP contribution is 2.24. The minimum Gasteiger partial charge on any atom is -0.493 e. The Morgan fingerprint density at radius 1 is 1.33 bits per heavy atom. The number of unbranched alkanes of at least 4 members (excludes halogenated alkanes) is 1. The van der Waals surface area contributed by atoms with Crippen LogP contribution < -0.4 is 15.4 Å². The Balaban J connectivity index is 2.07. The highest BCUT2D eigenvalue weighted by atomic mass is 79.9. The first kappa shape index (κ1) is 27.0. The normalized spacial score (nSPS) is 15.7. The van der Waals surface area contributed by atoms with E-state index in [9.17, 15) is 14.4 Å². The maximum absolute atomic E-state index is 13.0. The minimum atomic E-state index is -0.846. The zero-order valence-corrected chi connectivity index (χ0v) is 21.7. The second kappa shape index (κ2) is 13.5. The van der Waals surface area contributed by atoms with Crippen LogP contribution in [0.3, 0.4) is 0 Å². The van der Waals surface area contributed by atoms with E-state index in [1.165, 1.54) is 0 Å². The van der Waals surface area contributed by atoms with Gasteiger partial charge in [-0.2, -0.15) is 0 Å². The molecule has 2 amide bonds. The summed E-state index contributed by atoms with van der Waals surface area (Å²) in [6.45, 7) is 7.66. The summed E-state index contributed by atoms with van der Waals surface area (Å²) in [7, 11) is 0. The van der Waals surface area contributed by atoms with Crippen molar-refractivity contribution in [3.63, 3.8) is 0 Å². The number of nitrogens with one attached hydrogen (secondary N) is 2. The number of ether oxygens (including phenoxy) is 2. The Hall–Kier alpha value is -2.20. The van der Waals surface area contributed by atoms with Crippen molar-refractivity contribution in [2.24, 2.45) is 5.92 Å². The summed E-state index contributed by atoms with van der Waals surface area (Å²) < 4.78 is 11.7. The van der Waals surface area contributed by atoms with Gasteiger partial charge < -0.3 is 19.7 Å². The fourth-order valence-electron chi connectivity index (χ4n) is 3.15. The number of thiocarbonyl (C=S) groups is 1. The van der Waals surface area contributed by atoms with Gasteiger partial charge in [0.05, 0.1) is 25.2 Å². The smallest absolute Gasteiger partial charge is 0.308 e. The van der Waals surface area contributed by atoms with E-state index >= 15 is 0 Å². The van der Waals surface area contributed by atoms with Crippen molar-refractivity contribution in [3.8, 4) is 5.75 Å². The molecule has 0 spiro atoms. The van der Waals surface area contributed by atoms with Gasteiger partial charge in [-0.1, -0.05) is 43.1 Å². The van der Waals surface area contributed by atoms with Gasteiger partial charge in [0, 0.05) is 17.6 Å². The molecule has 1 saturated heterocycles. The second-order valence-electron chi connectivity index (χ2n) is 8.21. The molecule has 1 unspecified atom stereocenters. The molecule has 1 heterocycles. The molecule has 182 valence electrons. The number of benzene rings is 1. The zero-order chi connectivity index (χ0) is 24.4. The van der Waals surface area contributed by atoms with Crippen molar-refractivity contribution in [1.29, 1.82) is 0 Å². The van der Waals surface area contributed by atoms with Crippen LogP contribution in [0.1, 0.15) is 56.8 Å². The summed E-state index contributed by atoms with van der Waals surface area (Å²) >= 11 is 8.83. The van der Waals surface area contributed by atoms with Crippen LogP contribution >= 0.6 is 28.1 Å². The summed E-state index contributed by atoms with van der Waals surface area (Å²) in [6, 6.07) is 4.33.